The van der Waals surface area contributed by atoms with Crippen molar-refractivity contribution in [3.63, 3.8) is 0 Å². The number of anilines is 1. The van der Waals surface area contributed by atoms with Crippen molar-refractivity contribution < 1.29 is 22.7 Å². The fraction of sp³-hybridized carbons (Fsp3) is 0.636. The SMILES string of the molecule is CC1(C)CC(=N)c2c3c(n(-c4cc(F)c(C(N)=O)c(NC5CCC(OCCN6CCC(F)(F)CC6)CC5)c4)c2C1)CCC3. The van der Waals surface area contributed by atoms with Crippen molar-refractivity contribution in [2.45, 2.75) is 103 Å². The Morgan fingerprint density at radius 2 is 1.81 bits per heavy atom. The number of piperidine rings is 1. The summed E-state index contributed by atoms with van der Waals surface area (Å²) in [6.07, 6.45) is 7.50. The van der Waals surface area contributed by atoms with Gasteiger partial charge in [0.25, 0.3) is 11.8 Å². The second kappa shape index (κ2) is 11.6. The van der Waals surface area contributed by atoms with E-state index in [4.69, 9.17) is 15.9 Å². The number of nitrogens with one attached hydrogen (secondary N) is 2. The number of nitrogens with two attached hydrogens (primary N) is 1. The third-order valence-electron chi connectivity index (χ3n) is 9.88. The molecule has 10 heteroatoms. The van der Waals surface area contributed by atoms with Crippen LogP contribution in [0.2, 0.25) is 0 Å². The molecule has 0 bridgehead atoms. The van der Waals surface area contributed by atoms with Crippen LogP contribution in [0.1, 0.15) is 98.1 Å². The number of likely N-dealkylation sites (tertiary alicyclic amines) is 1. The lowest BCUT2D eigenvalue weighted by molar-refractivity contribution is -0.0625. The maximum absolute atomic E-state index is 15.7. The Hall–Kier alpha value is -2.85. The maximum Gasteiger partial charge on any atom is 0.253 e. The van der Waals surface area contributed by atoms with E-state index < -0.39 is 17.6 Å². The Balaban J connectivity index is 1.16. The highest BCUT2D eigenvalue weighted by Gasteiger charge is 2.38. The van der Waals surface area contributed by atoms with Gasteiger partial charge < -0.3 is 30.7 Å². The molecule has 0 radical (unpaired) electrons. The second-order valence-corrected chi connectivity index (χ2v) is 13.8. The molecule has 4 aliphatic rings. The van der Waals surface area contributed by atoms with Gasteiger partial charge in [-0.05, 0) is 80.9 Å². The van der Waals surface area contributed by atoms with Gasteiger partial charge in [-0.2, -0.15) is 0 Å². The van der Waals surface area contributed by atoms with Gasteiger partial charge in [-0.15, -0.1) is 0 Å². The van der Waals surface area contributed by atoms with Gasteiger partial charge in [0.2, 0.25) is 0 Å². The number of alkyl halides is 2. The number of benzene rings is 1. The molecule has 2 aromatic rings. The van der Waals surface area contributed by atoms with E-state index in [1.54, 1.807) is 0 Å². The van der Waals surface area contributed by atoms with Crippen LogP contribution in [-0.2, 0) is 24.0 Å². The molecule has 1 saturated heterocycles. The van der Waals surface area contributed by atoms with Crippen molar-refractivity contribution >= 4 is 17.3 Å². The summed E-state index contributed by atoms with van der Waals surface area (Å²) < 4.78 is 50.7. The molecule has 1 aromatic heterocycles. The zero-order valence-corrected chi connectivity index (χ0v) is 25.3. The van der Waals surface area contributed by atoms with Crippen molar-refractivity contribution in [1.82, 2.24) is 9.47 Å². The largest absolute Gasteiger partial charge is 0.382 e. The average Bonchev–Trinajstić information content (AvgIpc) is 3.49. The molecule has 234 valence electrons. The molecule has 0 spiro atoms. The minimum Gasteiger partial charge on any atom is -0.382 e. The lowest BCUT2D eigenvalue weighted by Gasteiger charge is -2.33. The number of aromatic nitrogens is 1. The number of rotatable bonds is 8. The summed E-state index contributed by atoms with van der Waals surface area (Å²) in [6, 6.07) is 3.31. The molecule has 1 saturated carbocycles. The normalized spacial score (nSPS) is 24.9. The molecule has 1 amide bonds. The molecule has 1 aromatic carbocycles. The van der Waals surface area contributed by atoms with Crippen molar-refractivity contribution in [3.05, 3.63) is 46.0 Å². The number of ether oxygens (including phenoxy) is 1. The molecular weight excluding hydrogens is 555 g/mol. The van der Waals surface area contributed by atoms with E-state index in [1.807, 2.05) is 11.0 Å². The van der Waals surface area contributed by atoms with Crippen LogP contribution in [0.4, 0.5) is 18.9 Å². The summed E-state index contributed by atoms with van der Waals surface area (Å²) >= 11 is 0. The molecule has 0 atom stereocenters. The number of nitrogens with zero attached hydrogens (tertiary/aromatic N) is 2. The number of primary amides is 1. The molecule has 2 heterocycles. The summed E-state index contributed by atoms with van der Waals surface area (Å²) in [5.41, 5.74) is 11.7. The van der Waals surface area contributed by atoms with E-state index in [2.05, 4.69) is 23.7 Å². The van der Waals surface area contributed by atoms with E-state index >= 15 is 4.39 Å². The van der Waals surface area contributed by atoms with Gasteiger partial charge in [0.1, 0.15) is 5.82 Å². The summed E-state index contributed by atoms with van der Waals surface area (Å²) in [5.74, 6) is -3.98. The molecule has 1 aliphatic heterocycles. The third kappa shape index (κ3) is 6.23. The summed E-state index contributed by atoms with van der Waals surface area (Å²) in [4.78, 5) is 14.4. The lowest BCUT2D eigenvalue weighted by atomic mass is 9.75. The van der Waals surface area contributed by atoms with Crippen LogP contribution in [0.15, 0.2) is 12.1 Å². The molecule has 43 heavy (non-hydrogen) atoms. The first-order valence-corrected chi connectivity index (χ1v) is 15.9. The van der Waals surface area contributed by atoms with Gasteiger partial charge in [0.05, 0.1) is 29.6 Å². The fourth-order valence-corrected chi connectivity index (χ4v) is 7.74. The predicted molar refractivity (Wildman–Crippen MR) is 161 cm³/mol. The number of carbonyl (C=O) groups excluding carboxylic acids is 1. The minimum absolute atomic E-state index is 0.0355. The molecule has 3 aliphatic carbocycles. The zero-order valence-electron chi connectivity index (χ0n) is 25.3. The van der Waals surface area contributed by atoms with Crippen molar-refractivity contribution in [2.75, 3.05) is 31.6 Å². The van der Waals surface area contributed by atoms with E-state index in [0.29, 0.717) is 43.3 Å². The standard InChI is InChI=1S/C33H44F3N5O2/c1-32(2)18-25(37)29-23-4-3-5-27(23)41(28(29)19-32)21-16-24(34)30(31(38)42)26(17-21)39-20-6-8-22(9-7-20)43-15-14-40-12-10-33(35,36)11-13-40/h16-17,20,22,37,39H,3-15,18-19H2,1-2H3,(H2,38,42). The Morgan fingerprint density at radius 3 is 2.51 bits per heavy atom. The highest BCUT2D eigenvalue weighted by Crippen LogP contribution is 2.43. The van der Waals surface area contributed by atoms with Crippen molar-refractivity contribution in [1.29, 1.82) is 5.41 Å². The van der Waals surface area contributed by atoms with Gasteiger partial charge in [-0.3, -0.25) is 4.79 Å². The first-order valence-electron chi connectivity index (χ1n) is 15.9. The maximum atomic E-state index is 15.7. The average molecular weight is 600 g/mol. The van der Waals surface area contributed by atoms with Crippen LogP contribution in [-0.4, -0.2) is 65.4 Å². The summed E-state index contributed by atoms with van der Waals surface area (Å²) in [5, 5.41) is 12.3. The van der Waals surface area contributed by atoms with Gasteiger partial charge >= 0.3 is 0 Å². The molecule has 6 rings (SSSR count). The number of hydrogen-bond donors (Lipinski definition) is 3. The molecule has 0 unspecified atom stereocenters. The van der Waals surface area contributed by atoms with Crippen LogP contribution in [0.25, 0.3) is 5.69 Å². The lowest BCUT2D eigenvalue weighted by Crippen LogP contribution is -2.41. The number of halogens is 3. The number of amides is 1. The molecule has 7 nitrogen and oxygen atoms in total. The smallest absolute Gasteiger partial charge is 0.253 e. The first kappa shape index (κ1) is 30.2. The fourth-order valence-electron chi connectivity index (χ4n) is 7.74. The zero-order chi connectivity index (χ0) is 30.5. The Bertz CT molecular complexity index is 1400. The monoisotopic (exact) mass is 599 g/mol. The van der Waals surface area contributed by atoms with Gasteiger partial charge in [-0.25, -0.2) is 13.2 Å². The highest BCUT2D eigenvalue weighted by molar-refractivity contribution is 6.03. The van der Waals surface area contributed by atoms with Gasteiger partial charge in [0, 0.05) is 61.2 Å². The topological polar surface area (TPSA) is 96.4 Å². The second-order valence-electron chi connectivity index (χ2n) is 13.8. The van der Waals surface area contributed by atoms with Gasteiger partial charge in [-0.1, -0.05) is 13.8 Å². The molecule has 2 fully saturated rings. The van der Waals surface area contributed by atoms with Crippen LogP contribution in [0.5, 0.6) is 0 Å². The van der Waals surface area contributed by atoms with E-state index in [0.717, 1.165) is 74.7 Å². The molecule has 4 N–H and O–H groups in total. The minimum atomic E-state index is -2.54. The molecular formula is C33H44F3N5O2. The van der Waals surface area contributed by atoms with Crippen molar-refractivity contribution in [3.8, 4) is 5.69 Å². The summed E-state index contributed by atoms with van der Waals surface area (Å²) in [6.45, 7) is 6.33. The Morgan fingerprint density at radius 1 is 1.09 bits per heavy atom. The first-order chi connectivity index (χ1) is 20.4. The highest BCUT2D eigenvalue weighted by atomic mass is 19.3. The van der Waals surface area contributed by atoms with Crippen LogP contribution in [0.3, 0.4) is 0 Å². The Kier molecular flexibility index (Phi) is 8.13. The van der Waals surface area contributed by atoms with Crippen LogP contribution in [0, 0.1) is 16.6 Å². The van der Waals surface area contributed by atoms with E-state index in [-0.39, 0.29) is 36.0 Å². The number of fused-ring (bicyclic) bond motifs is 3. The third-order valence-corrected chi connectivity index (χ3v) is 9.88. The number of hydrogen-bond acceptors (Lipinski definition) is 5. The van der Waals surface area contributed by atoms with Crippen LogP contribution < -0.4 is 11.1 Å². The predicted octanol–water partition coefficient (Wildman–Crippen LogP) is 6.02. The Labute approximate surface area is 251 Å². The van der Waals surface area contributed by atoms with Crippen LogP contribution >= 0.6 is 0 Å². The van der Waals surface area contributed by atoms with E-state index in [1.165, 1.54) is 11.6 Å². The van der Waals surface area contributed by atoms with E-state index in [9.17, 15) is 13.6 Å². The van der Waals surface area contributed by atoms with Crippen molar-refractivity contribution in [2.24, 2.45) is 11.1 Å². The summed E-state index contributed by atoms with van der Waals surface area (Å²) in [7, 11) is 0. The number of carbonyl (C=O) groups is 1. The van der Waals surface area contributed by atoms with Gasteiger partial charge in [0.15, 0.2) is 0 Å². The quantitative estimate of drug-likeness (QED) is 0.346.